The first-order valence-corrected chi connectivity index (χ1v) is 6.09. The fraction of sp³-hybridized carbons (Fsp3) is 0.385. The molecule has 18 heavy (non-hydrogen) atoms. The molecule has 0 aromatic heterocycles. The number of hydrogen-bond donors (Lipinski definition) is 3. The summed E-state index contributed by atoms with van der Waals surface area (Å²) in [7, 11) is 0. The van der Waals surface area contributed by atoms with E-state index in [2.05, 4.69) is 16.0 Å². The summed E-state index contributed by atoms with van der Waals surface area (Å²) < 4.78 is 0. The number of carbonyl (C=O) groups excluding carboxylic acids is 2. The van der Waals surface area contributed by atoms with Crippen molar-refractivity contribution in [1.82, 2.24) is 16.0 Å². The lowest BCUT2D eigenvalue weighted by atomic mass is 10.2. The minimum atomic E-state index is -0.227. The number of rotatable bonds is 4. The molecule has 2 rings (SSSR count). The van der Waals surface area contributed by atoms with Crippen molar-refractivity contribution >= 4 is 11.8 Å². The Morgan fingerprint density at radius 1 is 1.28 bits per heavy atom. The summed E-state index contributed by atoms with van der Waals surface area (Å²) >= 11 is 0. The van der Waals surface area contributed by atoms with Gasteiger partial charge in [0.05, 0.1) is 6.54 Å². The zero-order valence-corrected chi connectivity index (χ0v) is 10.1. The second-order valence-corrected chi connectivity index (χ2v) is 4.31. The van der Waals surface area contributed by atoms with Crippen LogP contribution >= 0.6 is 0 Å². The molecule has 1 aliphatic rings. The Morgan fingerprint density at radius 2 is 2.06 bits per heavy atom. The summed E-state index contributed by atoms with van der Waals surface area (Å²) in [6, 6.07) is 9.04. The summed E-state index contributed by atoms with van der Waals surface area (Å²) in [6.45, 7) is 1.75. The van der Waals surface area contributed by atoms with Gasteiger partial charge in [0.2, 0.25) is 5.91 Å². The number of amides is 2. The highest BCUT2D eigenvalue weighted by Gasteiger charge is 2.16. The monoisotopic (exact) mass is 247 g/mol. The van der Waals surface area contributed by atoms with Crippen LogP contribution < -0.4 is 16.0 Å². The molecule has 1 aliphatic heterocycles. The first-order chi connectivity index (χ1) is 8.75. The molecule has 5 nitrogen and oxygen atoms in total. The molecule has 0 aliphatic carbocycles. The topological polar surface area (TPSA) is 70.2 Å². The van der Waals surface area contributed by atoms with Crippen LogP contribution in [0.2, 0.25) is 0 Å². The molecule has 0 bridgehead atoms. The van der Waals surface area contributed by atoms with Crippen molar-refractivity contribution in [3.05, 3.63) is 35.9 Å². The summed E-state index contributed by atoms with van der Waals surface area (Å²) in [6.07, 6.45) is 0.943. The molecular weight excluding hydrogens is 230 g/mol. The van der Waals surface area contributed by atoms with Gasteiger partial charge >= 0.3 is 0 Å². The molecule has 1 atom stereocenters. The molecule has 0 saturated carbocycles. The normalized spacial score (nSPS) is 18.3. The van der Waals surface area contributed by atoms with Crippen LogP contribution in [0.15, 0.2) is 30.3 Å². The van der Waals surface area contributed by atoms with E-state index in [1.165, 1.54) is 0 Å². The third kappa shape index (κ3) is 3.56. The first-order valence-electron chi connectivity index (χ1n) is 6.09. The average molecular weight is 247 g/mol. The predicted octanol–water partition coefficient (Wildman–Crippen LogP) is -0.106. The standard InChI is InChI=1S/C13H17N3O2/c17-12(16-11-6-7-14-8-11)9-15-13(18)10-4-2-1-3-5-10/h1-5,11,14H,6-9H2,(H,15,18)(H,16,17)/t11-/m0/s1. The molecule has 1 heterocycles. The van der Waals surface area contributed by atoms with Crippen molar-refractivity contribution in [2.75, 3.05) is 19.6 Å². The van der Waals surface area contributed by atoms with Gasteiger partial charge in [0.15, 0.2) is 0 Å². The van der Waals surface area contributed by atoms with E-state index in [1.807, 2.05) is 6.07 Å². The largest absolute Gasteiger partial charge is 0.351 e. The Balaban J connectivity index is 1.74. The van der Waals surface area contributed by atoms with Crippen molar-refractivity contribution in [1.29, 1.82) is 0 Å². The van der Waals surface area contributed by atoms with E-state index < -0.39 is 0 Å². The van der Waals surface area contributed by atoms with Crippen LogP contribution in [0.5, 0.6) is 0 Å². The van der Waals surface area contributed by atoms with Gasteiger partial charge in [0.25, 0.3) is 5.91 Å². The van der Waals surface area contributed by atoms with Gasteiger partial charge in [-0.2, -0.15) is 0 Å². The maximum Gasteiger partial charge on any atom is 0.251 e. The van der Waals surface area contributed by atoms with Crippen molar-refractivity contribution in [3.8, 4) is 0 Å². The molecule has 0 spiro atoms. The van der Waals surface area contributed by atoms with E-state index >= 15 is 0 Å². The van der Waals surface area contributed by atoms with Crippen molar-refractivity contribution in [2.45, 2.75) is 12.5 Å². The molecule has 0 radical (unpaired) electrons. The first kappa shape index (κ1) is 12.6. The fourth-order valence-electron chi connectivity index (χ4n) is 1.91. The van der Waals surface area contributed by atoms with Crippen molar-refractivity contribution < 1.29 is 9.59 Å². The Morgan fingerprint density at radius 3 is 2.72 bits per heavy atom. The van der Waals surface area contributed by atoms with Gasteiger partial charge in [-0.3, -0.25) is 9.59 Å². The summed E-state index contributed by atoms with van der Waals surface area (Å²) in [5.74, 6) is -0.372. The van der Waals surface area contributed by atoms with E-state index in [-0.39, 0.29) is 24.4 Å². The van der Waals surface area contributed by atoms with Crippen LogP contribution in [0.4, 0.5) is 0 Å². The second-order valence-electron chi connectivity index (χ2n) is 4.31. The van der Waals surface area contributed by atoms with Gasteiger partial charge in [0.1, 0.15) is 0 Å². The lowest BCUT2D eigenvalue weighted by molar-refractivity contribution is -0.120. The SMILES string of the molecule is O=C(CNC(=O)c1ccccc1)N[C@H]1CCNC1. The minimum Gasteiger partial charge on any atom is -0.351 e. The zero-order chi connectivity index (χ0) is 12.8. The van der Waals surface area contributed by atoms with Crippen LogP contribution in [0.1, 0.15) is 16.8 Å². The van der Waals surface area contributed by atoms with Crippen molar-refractivity contribution in [2.24, 2.45) is 0 Å². The summed E-state index contributed by atoms with van der Waals surface area (Å²) in [4.78, 5) is 23.3. The van der Waals surface area contributed by atoms with E-state index in [4.69, 9.17) is 0 Å². The highest BCUT2D eigenvalue weighted by atomic mass is 16.2. The lowest BCUT2D eigenvalue weighted by Crippen LogP contribution is -2.42. The van der Waals surface area contributed by atoms with Gasteiger partial charge in [-0.1, -0.05) is 18.2 Å². The van der Waals surface area contributed by atoms with Gasteiger partial charge < -0.3 is 16.0 Å². The zero-order valence-electron chi connectivity index (χ0n) is 10.1. The van der Waals surface area contributed by atoms with Crippen molar-refractivity contribution in [3.63, 3.8) is 0 Å². The molecule has 1 aromatic carbocycles. The quantitative estimate of drug-likeness (QED) is 0.695. The van der Waals surface area contributed by atoms with Gasteiger partial charge in [0, 0.05) is 18.2 Å². The highest BCUT2D eigenvalue weighted by Crippen LogP contribution is 1.98. The average Bonchev–Trinajstić information content (AvgIpc) is 2.90. The molecule has 0 unspecified atom stereocenters. The van der Waals surface area contributed by atoms with Crippen LogP contribution in [0.25, 0.3) is 0 Å². The molecule has 3 N–H and O–H groups in total. The summed E-state index contributed by atoms with van der Waals surface area (Å²) in [5, 5.41) is 8.64. The predicted molar refractivity (Wildman–Crippen MR) is 68.2 cm³/mol. The Hall–Kier alpha value is -1.88. The second kappa shape index (κ2) is 6.16. The fourth-order valence-corrected chi connectivity index (χ4v) is 1.91. The number of benzene rings is 1. The van der Waals surface area contributed by atoms with E-state index in [9.17, 15) is 9.59 Å². The third-order valence-electron chi connectivity index (χ3n) is 2.87. The van der Waals surface area contributed by atoms with Gasteiger partial charge in [-0.05, 0) is 25.1 Å². The maximum atomic E-state index is 11.7. The molecule has 1 aromatic rings. The molecule has 1 saturated heterocycles. The van der Waals surface area contributed by atoms with Crippen LogP contribution in [0.3, 0.4) is 0 Å². The van der Waals surface area contributed by atoms with Gasteiger partial charge in [-0.15, -0.1) is 0 Å². The molecule has 1 fully saturated rings. The van der Waals surface area contributed by atoms with E-state index in [1.54, 1.807) is 24.3 Å². The highest BCUT2D eigenvalue weighted by molar-refractivity contribution is 5.96. The number of hydrogen-bond acceptors (Lipinski definition) is 3. The van der Waals surface area contributed by atoms with Crippen LogP contribution in [-0.2, 0) is 4.79 Å². The van der Waals surface area contributed by atoms with E-state index in [0.29, 0.717) is 5.56 Å². The van der Waals surface area contributed by atoms with E-state index in [0.717, 1.165) is 19.5 Å². The molecule has 5 heteroatoms. The Labute approximate surface area is 106 Å². The smallest absolute Gasteiger partial charge is 0.251 e. The lowest BCUT2D eigenvalue weighted by Gasteiger charge is -2.11. The Kier molecular flexibility index (Phi) is 4.30. The summed E-state index contributed by atoms with van der Waals surface area (Å²) in [5.41, 5.74) is 0.563. The molecular formula is C13H17N3O2. The molecule has 96 valence electrons. The Bertz CT molecular complexity index is 414. The maximum absolute atomic E-state index is 11.7. The van der Waals surface area contributed by atoms with Crippen LogP contribution in [-0.4, -0.2) is 37.5 Å². The number of carbonyl (C=O) groups is 2. The number of nitrogens with one attached hydrogen (secondary N) is 3. The van der Waals surface area contributed by atoms with Crippen LogP contribution in [0, 0.1) is 0 Å². The molecule has 2 amide bonds. The van der Waals surface area contributed by atoms with Gasteiger partial charge in [-0.25, -0.2) is 0 Å². The minimum absolute atomic E-state index is 0.0181. The third-order valence-corrected chi connectivity index (χ3v) is 2.87.